The van der Waals surface area contributed by atoms with Crippen molar-refractivity contribution < 1.29 is 14.3 Å². The number of ether oxygens (including phenoxy) is 1. The number of aromatic nitrogens is 1. The Hall–Kier alpha value is -2.93. The summed E-state index contributed by atoms with van der Waals surface area (Å²) in [5.41, 5.74) is 3.91. The van der Waals surface area contributed by atoms with Crippen LogP contribution in [0.3, 0.4) is 0 Å². The van der Waals surface area contributed by atoms with Crippen molar-refractivity contribution in [2.24, 2.45) is 5.92 Å². The number of aryl methyl sites for hydroxylation is 2. The van der Waals surface area contributed by atoms with Crippen LogP contribution in [0.4, 0.5) is 5.82 Å². The first-order valence-electron chi connectivity index (χ1n) is 10.8. The summed E-state index contributed by atoms with van der Waals surface area (Å²) in [6.07, 6.45) is 1.89. The first-order chi connectivity index (χ1) is 15.0. The largest absolute Gasteiger partial charge is 0.384 e. The lowest BCUT2D eigenvalue weighted by atomic mass is 9.88. The zero-order chi connectivity index (χ0) is 22.0. The van der Waals surface area contributed by atoms with Gasteiger partial charge in [0, 0.05) is 57.5 Å². The summed E-state index contributed by atoms with van der Waals surface area (Å²) in [5.74, 6) is 0.952. The van der Waals surface area contributed by atoms with Crippen LogP contribution in [0.2, 0.25) is 0 Å². The Morgan fingerprint density at radius 2 is 1.87 bits per heavy atom. The van der Waals surface area contributed by atoms with Gasteiger partial charge in [0.15, 0.2) is 0 Å². The van der Waals surface area contributed by atoms with Crippen LogP contribution in [-0.2, 0) is 9.53 Å². The number of carbonyl (C=O) groups is 2. The molecule has 2 aliphatic heterocycles. The molecule has 7 heteroatoms. The Morgan fingerprint density at radius 3 is 2.52 bits per heavy atom. The summed E-state index contributed by atoms with van der Waals surface area (Å²) < 4.78 is 5.26. The normalized spacial score (nSPS) is 21.3. The number of nitrogens with zero attached hydrogens (tertiary/aromatic N) is 3. The number of hydrogen-bond acceptors (Lipinski definition) is 5. The van der Waals surface area contributed by atoms with Gasteiger partial charge in [-0.05, 0) is 42.7 Å². The highest BCUT2D eigenvalue weighted by molar-refractivity contribution is 5.94. The van der Waals surface area contributed by atoms with Crippen LogP contribution in [-0.4, -0.2) is 68.1 Å². The van der Waals surface area contributed by atoms with Crippen LogP contribution >= 0.6 is 0 Å². The molecule has 0 bridgehead atoms. The fraction of sp³-hybridized carbons (Fsp3) is 0.458. The van der Waals surface area contributed by atoms with Gasteiger partial charge in [-0.2, -0.15) is 0 Å². The summed E-state index contributed by atoms with van der Waals surface area (Å²) in [5, 5.41) is 2.91. The maximum Gasteiger partial charge on any atom is 0.253 e. The number of rotatable bonds is 5. The number of carbonyl (C=O) groups excluding carboxylic acids is 2. The maximum absolute atomic E-state index is 13.0. The van der Waals surface area contributed by atoms with E-state index in [0.29, 0.717) is 31.8 Å². The predicted molar refractivity (Wildman–Crippen MR) is 119 cm³/mol. The zero-order valence-electron chi connectivity index (χ0n) is 18.4. The minimum atomic E-state index is -0.224. The molecule has 0 spiro atoms. The molecule has 2 saturated heterocycles. The molecule has 7 nitrogen and oxygen atoms in total. The van der Waals surface area contributed by atoms with E-state index in [1.807, 2.05) is 42.3 Å². The molecule has 2 atom stereocenters. The molecule has 1 aromatic heterocycles. The second kappa shape index (κ2) is 9.06. The van der Waals surface area contributed by atoms with Crippen molar-refractivity contribution in [2.75, 3.05) is 51.3 Å². The van der Waals surface area contributed by atoms with Crippen molar-refractivity contribution in [3.05, 3.63) is 58.8 Å². The number of piperazine rings is 1. The Labute approximate surface area is 183 Å². The van der Waals surface area contributed by atoms with E-state index in [0.717, 1.165) is 35.6 Å². The van der Waals surface area contributed by atoms with Gasteiger partial charge in [0.1, 0.15) is 5.82 Å². The van der Waals surface area contributed by atoms with E-state index >= 15 is 0 Å². The van der Waals surface area contributed by atoms with Gasteiger partial charge in [-0.3, -0.25) is 9.59 Å². The zero-order valence-corrected chi connectivity index (χ0v) is 18.4. The molecule has 4 rings (SSSR count). The van der Waals surface area contributed by atoms with Gasteiger partial charge in [-0.25, -0.2) is 4.98 Å². The lowest BCUT2D eigenvalue weighted by molar-refractivity contribution is -0.120. The van der Waals surface area contributed by atoms with Gasteiger partial charge in [0.25, 0.3) is 5.91 Å². The van der Waals surface area contributed by atoms with Crippen LogP contribution in [0.25, 0.3) is 0 Å². The molecule has 2 aromatic rings. The monoisotopic (exact) mass is 422 g/mol. The summed E-state index contributed by atoms with van der Waals surface area (Å²) in [6, 6.07) is 9.63. The predicted octanol–water partition coefficient (Wildman–Crippen LogP) is 2.14. The van der Waals surface area contributed by atoms with Crippen molar-refractivity contribution in [3.63, 3.8) is 0 Å². The molecule has 2 fully saturated rings. The first-order valence-corrected chi connectivity index (χ1v) is 10.8. The van der Waals surface area contributed by atoms with E-state index in [2.05, 4.69) is 28.2 Å². The van der Waals surface area contributed by atoms with Gasteiger partial charge in [-0.1, -0.05) is 18.2 Å². The van der Waals surface area contributed by atoms with Crippen molar-refractivity contribution in [1.82, 2.24) is 15.2 Å². The van der Waals surface area contributed by atoms with Crippen LogP contribution in [0, 0.1) is 19.8 Å². The number of hydrogen-bond donors (Lipinski definition) is 1. The average Bonchev–Trinajstić information content (AvgIpc) is 3.14. The molecule has 164 valence electrons. The SMILES string of the molecule is COCC1CNC(=O)[C@H]1c1ccc(C(=O)N2CCN(c3ncc(C)cc3C)CC2)cc1. The highest BCUT2D eigenvalue weighted by atomic mass is 16.5. The highest BCUT2D eigenvalue weighted by Gasteiger charge is 2.35. The van der Waals surface area contributed by atoms with Gasteiger partial charge in [-0.15, -0.1) is 0 Å². The molecule has 1 aromatic carbocycles. The third-order valence-electron chi connectivity index (χ3n) is 6.24. The third-order valence-corrected chi connectivity index (χ3v) is 6.24. The van der Waals surface area contributed by atoms with E-state index in [-0.39, 0.29) is 23.7 Å². The quantitative estimate of drug-likeness (QED) is 0.799. The number of methoxy groups -OCH3 is 1. The standard InChI is InChI=1S/C24H30N4O3/c1-16-12-17(2)22(25-13-16)27-8-10-28(11-9-27)24(30)19-6-4-18(5-7-19)21-20(15-31-3)14-26-23(21)29/h4-7,12-13,20-21H,8-11,14-15H2,1-3H3,(H,26,29)/t20?,21-/m0/s1. The molecule has 3 heterocycles. The van der Waals surface area contributed by atoms with E-state index in [4.69, 9.17) is 4.74 Å². The van der Waals surface area contributed by atoms with Crippen molar-refractivity contribution in [3.8, 4) is 0 Å². The second-order valence-electron chi connectivity index (χ2n) is 8.49. The molecule has 0 radical (unpaired) electrons. The Morgan fingerprint density at radius 1 is 1.16 bits per heavy atom. The second-order valence-corrected chi connectivity index (χ2v) is 8.49. The highest BCUT2D eigenvalue weighted by Crippen LogP contribution is 2.30. The molecule has 2 aliphatic rings. The lowest BCUT2D eigenvalue weighted by Gasteiger charge is -2.36. The van der Waals surface area contributed by atoms with E-state index in [1.165, 1.54) is 0 Å². The van der Waals surface area contributed by atoms with Crippen LogP contribution < -0.4 is 10.2 Å². The Balaban J connectivity index is 1.39. The molecular formula is C24H30N4O3. The molecule has 1 unspecified atom stereocenters. The maximum atomic E-state index is 13.0. The van der Waals surface area contributed by atoms with Gasteiger partial charge < -0.3 is 19.9 Å². The molecule has 2 amide bonds. The number of nitrogens with one attached hydrogen (secondary N) is 1. The first kappa shape index (κ1) is 21.3. The molecular weight excluding hydrogens is 392 g/mol. The number of benzene rings is 1. The van der Waals surface area contributed by atoms with Crippen LogP contribution in [0.15, 0.2) is 36.5 Å². The number of amides is 2. The molecule has 0 saturated carbocycles. The molecule has 31 heavy (non-hydrogen) atoms. The third kappa shape index (κ3) is 4.42. The topological polar surface area (TPSA) is 74.8 Å². The van der Waals surface area contributed by atoms with Crippen molar-refractivity contribution in [1.29, 1.82) is 0 Å². The van der Waals surface area contributed by atoms with E-state index in [1.54, 1.807) is 7.11 Å². The lowest BCUT2D eigenvalue weighted by Crippen LogP contribution is -2.49. The van der Waals surface area contributed by atoms with Crippen LogP contribution in [0.1, 0.15) is 33.0 Å². The Bertz CT molecular complexity index is 952. The molecule has 0 aliphatic carbocycles. The molecule has 1 N–H and O–H groups in total. The summed E-state index contributed by atoms with van der Waals surface area (Å²) in [7, 11) is 1.65. The Kier molecular flexibility index (Phi) is 6.23. The average molecular weight is 423 g/mol. The van der Waals surface area contributed by atoms with Gasteiger partial charge in [0.05, 0.1) is 12.5 Å². The van der Waals surface area contributed by atoms with Crippen molar-refractivity contribution >= 4 is 17.6 Å². The number of pyridine rings is 1. The van der Waals surface area contributed by atoms with E-state index < -0.39 is 0 Å². The summed E-state index contributed by atoms with van der Waals surface area (Å²) in [6.45, 7) is 8.14. The fourth-order valence-corrected chi connectivity index (χ4v) is 4.64. The minimum Gasteiger partial charge on any atom is -0.384 e. The van der Waals surface area contributed by atoms with Gasteiger partial charge in [0.2, 0.25) is 5.91 Å². The summed E-state index contributed by atoms with van der Waals surface area (Å²) in [4.78, 5) is 34.0. The minimum absolute atomic E-state index is 0.0252. The fourth-order valence-electron chi connectivity index (χ4n) is 4.64. The smallest absolute Gasteiger partial charge is 0.253 e. The van der Waals surface area contributed by atoms with Crippen LogP contribution in [0.5, 0.6) is 0 Å². The van der Waals surface area contributed by atoms with Gasteiger partial charge >= 0.3 is 0 Å². The van der Waals surface area contributed by atoms with Crippen molar-refractivity contribution in [2.45, 2.75) is 19.8 Å². The van der Waals surface area contributed by atoms with E-state index in [9.17, 15) is 9.59 Å². The summed E-state index contributed by atoms with van der Waals surface area (Å²) >= 11 is 0. The number of anilines is 1.